The van der Waals surface area contributed by atoms with Crippen LogP contribution in [0.3, 0.4) is 0 Å². The zero-order valence-corrected chi connectivity index (χ0v) is 15.3. The first-order valence-electron chi connectivity index (χ1n) is 7.74. The molecule has 23 heavy (non-hydrogen) atoms. The second-order valence-corrected chi connectivity index (χ2v) is 9.36. The van der Waals surface area contributed by atoms with E-state index in [2.05, 4.69) is 41.8 Å². The molecule has 0 bridgehead atoms. The van der Waals surface area contributed by atoms with Crippen LogP contribution >= 0.6 is 0 Å². The highest BCUT2D eigenvalue weighted by molar-refractivity contribution is 7.88. The van der Waals surface area contributed by atoms with Crippen molar-refractivity contribution in [1.29, 1.82) is 0 Å². The molecule has 1 amide bonds. The molecule has 2 rings (SSSR count). The average molecular weight is 342 g/mol. The number of fused-ring (bicyclic) bond motifs is 1. The molecule has 0 spiro atoms. The van der Waals surface area contributed by atoms with Crippen molar-refractivity contribution in [2.75, 3.05) is 19.8 Å². The number of rotatable bonds is 4. The van der Waals surface area contributed by atoms with Gasteiger partial charge >= 0.3 is 0 Å². The number of likely N-dealkylation sites (N-methyl/N-ethyl adjacent to an activating group) is 1. The second-order valence-electron chi connectivity index (χ2n) is 7.27. The lowest BCUT2D eigenvalue weighted by molar-refractivity contribution is -0.122. The zero-order valence-electron chi connectivity index (χ0n) is 14.5. The number of sulfonamides is 1. The largest absolute Gasteiger partial charge is 0.350 e. The van der Waals surface area contributed by atoms with Gasteiger partial charge in [0.15, 0.2) is 0 Å². The quantitative estimate of drug-likeness (QED) is 0.864. The minimum Gasteiger partial charge on any atom is -0.350 e. The molecule has 7 nitrogen and oxygen atoms in total. The number of imidazole rings is 1. The molecule has 0 unspecified atom stereocenters. The highest BCUT2D eigenvalue weighted by Gasteiger charge is 2.26. The Morgan fingerprint density at radius 3 is 2.70 bits per heavy atom. The summed E-state index contributed by atoms with van der Waals surface area (Å²) >= 11 is 0. The van der Waals surface area contributed by atoms with Crippen LogP contribution in [0, 0.1) is 0 Å². The Balaban J connectivity index is 1.97. The van der Waals surface area contributed by atoms with Gasteiger partial charge in [-0.1, -0.05) is 20.8 Å². The van der Waals surface area contributed by atoms with Crippen molar-refractivity contribution in [3.63, 3.8) is 0 Å². The summed E-state index contributed by atoms with van der Waals surface area (Å²) in [6.07, 6.45) is 4.76. The van der Waals surface area contributed by atoms with E-state index in [1.807, 2.05) is 0 Å². The van der Waals surface area contributed by atoms with Crippen molar-refractivity contribution in [2.24, 2.45) is 0 Å². The number of amides is 1. The molecule has 0 aromatic carbocycles. The minimum absolute atomic E-state index is 0.00127. The summed E-state index contributed by atoms with van der Waals surface area (Å²) in [5.41, 5.74) is 1.05. The van der Waals surface area contributed by atoms with E-state index in [-0.39, 0.29) is 23.9 Å². The maximum atomic E-state index is 12.0. The molecule has 0 aliphatic carbocycles. The van der Waals surface area contributed by atoms with Crippen LogP contribution in [-0.2, 0) is 33.2 Å². The first-order valence-corrected chi connectivity index (χ1v) is 9.59. The molecule has 0 radical (unpaired) electrons. The minimum atomic E-state index is -3.34. The van der Waals surface area contributed by atoms with Gasteiger partial charge in [0.05, 0.1) is 18.5 Å². The molecular formula is C15H26N4O3S. The molecule has 1 aliphatic heterocycles. The number of hydrogen-bond acceptors (Lipinski definition) is 4. The summed E-state index contributed by atoms with van der Waals surface area (Å²) in [6, 6.07) is 0.00461. The topological polar surface area (TPSA) is 84.3 Å². The van der Waals surface area contributed by atoms with E-state index in [0.29, 0.717) is 6.54 Å². The lowest BCUT2D eigenvalue weighted by Gasteiger charge is -2.25. The van der Waals surface area contributed by atoms with Gasteiger partial charge in [-0.05, 0) is 6.42 Å². The van der Waals surface area contributed by atoms with E-state index in [9.17, 15) is 13.2 Å². The number of aromatic nitrogens is 2. The van der Waals surface area contributed by atoms with Crippen LogP contribution in [0.15, 0.2) is 6.20 Å². The van der Waals surface area contributed by atoms with Gasteiger partial charge in [0, 0.05) is 37.7 Å². The fourth-order valence-electron chi connectivity index (χ4n) is 2.52. The Morgan fingerprint density at radius 1 is 1.48 bits per heavy atom. The maximum Gasteiger partial charge on any atom is 0.235 e. The van der Waals surface area contributed by atoms with Crippen LogP contribution in [0.4, 0.5) is 0 Å². The van der Waals surface area contributed by atoms with E-state index in [1.54, 1.807) is 0 Å². The third-order valence-corrected chi connectivity index (χ3v) is 5.32. The predicted octanol–water partition coefficient (Wildman–Crippen LogP) is 0.503. The van der Waals surface area contributed by atoms with Crippen molar-refractivity contribution >= 4 is 15.9 Å². The third kappa shape index (κ3) is 4.54. The lowest BCUT2D eigenvalue weighted by Crippen LogP contribution is -2.45. The van der Waals surface area contributed by atoms with E-state index in [0.717, 1.165) is 34.9 Å². The van der Waals surface area contributed by atoms with Crippen molar-refractivity contribution in [2.45, 2.75) is 51.6 Å². The highest BCUT2D eigenvalue weighted by atomic mass is 32.2. The standard InChI is InChI=1S/C15H26N4O3S/c1-15(2,3)12-9-19-8-11(6-7-13(19)17-12)16-14(20)10-18(4)23(5,21)22/h9,11H,6-8,10H2,1-5H3,(H,16,20)/t11-/m1/s1. The normalized spacial score (nSPS) is 18.8. The number of nitrogens with one attached hydrogen (secondary N) is 1. The van der Waals surface area contributed by atoms with Gasteiger partial charge in [0.1, 0.15) is 5.82 Å². The third-order valence-electron chi connectivity index (χ3n) is 4.06. The van der Waals surface area contributed by atoms with Gasteiger partial charge in [-0.2, -0.15) is 4.31 Å². The van der Waals surface area contributed by atoms with E-state index >= 15 is 0 Å². The molecule has 0 fully saturated rings. The highest BCUT2D eigenvalue weighted by Crippen LogP contribution is 2.24. The maximum absolute atomic E-state index is 12.0. The molecule has 1 atom stereocenters. The van der Waals surface area contributed by atoms with Crippen molar-refractivity contribution in [3.8, 4) is 0 Å². The number of carbonyl (C=O) groups is 1. The van der Waals surface area contributed by atoms with Crippen LogP contribution in [-0.4, -0.2) is 54.1 Å². The Hall–Kier alpha value is -1.41. The summed E-state index contributed by atoms with van der Waals surface area (Å²) in [5.74, 6) is 0.774. The Bertz CT molecular complexity index is 688. The molecule has 1 N–H and O–H groups in total. The smallest absolute Gasteiger partial charge is 0.235 e. The number of nitrogens with zero attached hydrogens (tertiary/aromatic N) is 3. The first kappa shape index (κ1) is 17.9. The molecule has 1 aromatic rings. The van der Waals surface area contributed by atoms with Gasteiger partial charge in [0.2, 0.25) is 15.9 Å². The van der Waals surface area contributed by atoms with Gasteiger partial charge in [0.25, 0.3) is 0 Å². The SMILES string of the molecule is CN(CC(=O)N[C@@H]1CCc2nc(C(C)(C)C)cn2C1)S(C)(=O)=O. The fraction of sp³-hybridized carbons (Fsp3) is 0.733. The van der Waals surface area contributed by atoms with Crippen LogP contribution < -0.4 is 5.32 Å². The Kier molecular flexibility index (Phi) is 4.86. The monoisotopic (exact) mass is 342 g/mol. The summed E-state index contributed by atoms with van der Waals surface area (Å²) in [6.45, 7) is 6.90. The Morgan fingerprint density at radius 2 is 2.13 bits per heavy atom. The van der Waals surface area contributed by atoms with Crippen molar-refractivity contribution in [1.82, 2.24) is 19.2 Å². The number of aryl methyl sites for hydroxylation is 1. The van der Waals surface area contributed by atoms with E-state index in [4.69, 9.17) is 0 Å². The van der Waals surface area contributed by atoms with Gasteiger partial charge in [-0.15, -0.1) is 0 Å². The fourth-order valence-corrected chi connectivity index (χ4v) is 2.87. The molecular weight excluding hydrogens is 316 g/mol. The van der Waals surface area contributed by atoms with Crippen molar-refractivity contribution in [3.05, 3.63) is 17.7 Å². The molecule has 1 aliphatic rings. The van der Waals surface area contributed by atoms with Crippen LogP contribution in [0.25, 0.3) is 0 Å². The summed E-state index contributed by atoms with van der Waals surface area (Å²) in [5, 5.41) is 2.92. The van der Waals surface area contributed by atoms with Gasteiger partial charge in [-0.3, -0.25) is 4.79 Å². The van der Waals surface area contributed by atoms with Crippen molar-refractivity contribution < 1.29 is 13.2 Å². The Labute approximate surface area is 138 Å². The van der Waals surface area contributed by atoms with E-state index < -0.39 is 10.0 Å². The zero-order chi connectivity index (χ0) is 17.4. The molecule has 1 aromatic heterocycles. The van der Waals surface area contributed by atoms with Gasteiger partial charge < -0.3 is 9.88 Å². The molecule has 2 heterocycles. The first-order chi connectivity index (χ1) is 10.5. The summed E-state index contributed by atoms with van der Waals surface area (Å²) < 4.78 is 25.8. The molecule has 130 valence electrons. The summed E-state index contributed by atoms with van der Waals surface area (Å²) in [4.78, 5) is 16.7. The van der Waals surface area contributed by atoms with Crippen LogP contribution in [0.1, 0.15) is 38.7 Å². The molecule has 8 heteroatoms. The van der Waals surface area contributed by atoms with Crippen LogP contribution in [0.5, 0.6) is 0 Å². The second kappa shape index (κ2) is 6.24. The lowest BCUT2D eigenvalue weighted by atomic mass is 9.93. The molecule has 0 saturated heterocycles. The average Bonchev–Trinajstić information content (AvgIpc) is 2.80. The summed E-state index contributed by atoms with van der Waals surface area (Å²) in [7, 11) is -1.94. The number of carbonyl (C=O) groups excluding carboxylic acids is 1. The predicted molar refractivity (Wildman–Crippen MR) is 88.7 cm³/mol. The van der Waals surface area contributed by atoms with Crippen LogP contribution in [0.2, 0.25) is 0 Å². The van der Waals surface area contributed by atoms with E-state index in [1.165, 1.54) is 7.05 Å². The number of hydrogen-bond donors (Lipinski definition) is 1. The molecule has 0 saturated carbocycles. The van der Waals surface area contributed by atoms with Gasteiger partial charge in [-0.25, -0.2) is 13.4 Å².